The third-order valence-corrected chi connectivity index (χ3v) is 2.11. The van der Waals surface area contributed by atoms with Crippen LogP contribution >= 0.6 is 0 Å². The number of nitrogens with one attached hydrogen (secondary N) is 1. The van der Waals surface area contributed by atoms with Crippen molar-refractivity contribution >= 4 is 0 Å². The second-order valence-corrected chi connectivity index (χ2v) is 3.62. The molecular weight excluding hydrogens is 138 g/mol. The summed E-state index contributed by atoms with van der Waals surface area (Å²) in [6, 6.07) is 0. The molecule has 2 nitrogen and oxygen atoms in total. The van der Waals surface area contributed by atoms with Crippen LogP contribution in [0.15, 0.2) is 12.7 Å². The van der Waals surface area contributed by atoms with Gasteiger partial charge in [0.05, 0.1) is 18.8 Å². The van der Waals surface area contributed by atoms with Gasteiger partial charge in [-0.25, -0.2) is 0 Å². The van der Waals surface area contributed by atoms with E-state index in [1.54, 1.807) is 0 Å². The minimum Gasteiger partial charge on any atom is -0.379 e. The van der Waals surface area contributed by atoms with E-state index in [0.29, 0.717) is 5.92 Å². The van der Waals surface area contributed by atoms with Crippen LogP contribution < -0.4 is 5.32 Å². The van der Waals surface area contributed by atoms with Gasteiger partial charge in [-0.3, -0.25) is 0 Å². The Hall–Kier alpha value is -0.340. The van der Waals surface area contributed by atoms with Crippen molar-refractivity contribution in [2.45, 2.75) is 19.4 Å². The lowest BCUT2D eigenvalue weighted by atomic mass is 10.0. The smallest absolute Gasteiger partial charge is 0.0681 e. The molecule has 1 saturated heterocycles. The zero-order chi connectivity index (χ0) is 8.32. The largest absolute Gasteiger partial charge is 0.379 e. The minimum atomic E-state index is -0.0231. The number of ether oxygens (including phenoxy) is 1. The van der Waals surface area contributed by atoms with Crippen molar-refractivity contribution in [3.05, 3.63) is 12.7 Å². The highest BCUT2D eigenvalue weighted by Gasteiger charge is 2.23. The number of rotatable bonds is 1. The van der Waals surface area contributed by atoms with E-state index >= 15 is 0 Å². The summed E-state index contributed by atoms with van der Waals surface area (Å²) in [5.74, 6) is 0.608. The minimum absolute atomic E-state index is 0.0231. The van der Waals surface area contributed by atoms with E-state index in [2.05, 4.69) is 25.7 Å². The highest BCUT2D eigenvalue weighted by atomic mass is 16.5. The summed E-state index contributed by atoms with van der Waals surface area (Å²) in [4.78, 5) is 0. The monoisotopic (exact) mass is 155 g/mol. The maximum Gasteiger partial charge on any atom is 0.0681 e. The Morgan fingerprint density at radius 2 is 2.45 bits per heavy atom. The van der Waals surface area contributed by atoms with Crippen LogP contribution in [-0.4, -0.2) is 25.3 Å². The molecule has 2 heteroatoms. The molecule has 0 spiro atoms. The van der Waals surface area contributed by atoms with E-state index in [4.69, 9.17) is 4.74 Å². The summed E-state index contributed by atoms with van der Waals surface area (Å²) in [6.45, 7) is 10.7. The van der Waals surface area contributed by atoms with Crippen LogP contribution in [0.5, 0.6) is 0 Å². The second-order valence-electron chi connectivity index (χ2n) is 3.62. The average Bonchev–Trinajstić information content (AvgIpc) is 2.15. The van der Waals surface area contributed by atoms with Crippen molar-refractivity contribution in [2.75, 3.05) is 19.8 Å². The lowest BCUT2D eigenvalue weighted by Crippen LogP contribution is -2.43. The molecule has 0 aromatic rings. The Bertz CT molecular complexity index is 146. The maximum atomic E-state index is 5.48. The first kappa shape index (κ1) is 8.75. The van der Waals surface area contributed by atoms with E-state index in [1.807, 2.05) is 6.08 Å². The molecule has 0 saturated carbocycles. The molecule has 64 valence electrons. The Morgan fingerprint density at radius 3 is 3.09 bits per heavy atom. The standard InChI is InChI=1S/C9H17NO/c1-4-9(3)7-11-6-8(2)5-10-9/h4,8,10H,1,5-7H2,2-3H3. The summed E-state index contributed by atoms with van der Waals surface area (Å²) in [5.41, 5.74) is -0.0231. The van der Waals surface area contributed by atoms with Gasteiger partial charge in [0.2, 0.25) is 0 Å². The molecule has 0 aromatic heterocycles. The van der Waals surface area contributed by atoms with E-state index < -0.39 is 0 Å². The lowest BCUT2D eigenvalue weighted by Gasteiger charge is -2.24. The normalized spacial score (nSPS) is 39.6. The first-order valence-corrected chi connectivity index (χ1v) is 4.13. The van der Waals surface area contributed by atoms with Gasteiger partial charge < -0.3 is 10.1 Å². The molecule has 0 amide bonds. The van der Waals surface area contributed by atoms with Crippen molar-refractivity contribution in [1.82, 2.24) is 5.32 Å². The summed E-state index contributed by atoms with van der Waals surface area (Å²) in [5, 5.41) is 3.41. The molecule has 0 bridgehead atoms. The van der Waals surface area contributed by atoms with Crippen molar-refractivity contribution in [3.63, 3.8) is 0 Å². The van der Waals surface area contributed by atoms with E-state index in [9.17, 15) is 0 Å². The quantitative estimate of drug-likeness (QED) is 0.574. The van der Waals surface area contributed by atoms with Gasteiger partial charge in [-0.05, 0) is 12.8 Å². The van der Waals surface area contributed by atoms with Crippen LogP contribution in [0.3, 0.4) is 0 Å². The van der Waals surface area contributed by atoms with Gasteiger partial charge in [0.1, 0.15) is 0 Å². The SMILES string of the molecule is C=CC1(C)COCC(C)CN1. The topological polar surface area (TPSA) is 21.3 Å². The van der Waals surface area contributed by atoms with Gasteiger partial charge in [0.15, 0.2) is 0 Å². The zero-order valence-electron chi connectivity index (χ0n) is 7.39. The summed E-state index contributed by atoms with van der Waals surface area (Å²) in [6.07, 6.45) is 1.92. The van der Waals surface area contributed by atoms with Crippen molar-refractivity contribution in [3.8, 4) is 0 Å². The van der Waals surface area contributed by atoms with Crippen LogP contribution in [-0.2, 0) is 4.74 Å². The molecule has 1 fully saturated rings. The fourth-order valence-corrected chi connectivity index (χ4v) is 1.12. The van der Waals surface area contributed by atoms with Crippen LogP contribution in [0.2, 0.25) is 0 Å². The van der Waals surface area contributed by atoms with Gasteiger partial charge in [-0.2, -0.15) is 0 Å². The van der Waals surface area contributed by atoms with Crippen molar-refractivity contribution in [2.24, 2.45) is 5.92 Å². The molecule has 0 aromatic carbocycles. The maximum absolute atomic E-state index is 5.48. The Balaban J connectivity index is 2.51. The van der Waals surface area contributed by atoms with E-state index in [1.165, 1.54) is 0 Å². The molecule has 1 rings (SSSR count). The molecule has 0 aliphatic carbocycles. The van der Waals surface area contributed by atoms with Gasteiger partial charge in [-0.1, -0.05) is 13.0 Å². The number of hydrogen-bond acceptors (Lipinski definition) is 2. The predicted molar refractivity (Wildman–Crippen MR) is 46.6 cm³/mol. The summed E-state index contributed by atoms with van der Waals surface area (Å²) < 4.78 is 5.48. The van der Waals surface area contributed by atoms with Crippen LogP contribution in [0.1, 0.15) is 13.8 Å². The molecular formula is C9H17NO. The van der Waals surface area contributed by atoms with Gasteiger partial charge >= 0.3 is 0 Å². The molecule has 11 heavy (non-hydrogen) atoms. The van der Waals surface area contributed by atoms with Gasteiger partial charge in [-0.15, -0.1) is 6.58 Å². The molecule has 0 radical (unpaired) electrons. The second kappa shape index (κ2) is 3.37. The Morgan fingerprint density at radius 1 is 1.73 bits per heavy atom. The van der Waals surface area contributed by atoms with Crippen LogP contribution in [0.25, 0.3) is 0 Å². The zero-order valence-corrected chi connectivity index (χ0v) is 7.39. The number of hydrogen-bond donors (Lipinski definition) is 1. The molecule has 1 aliphatic rings. The molecule has 2 unspecified atom stereocenters. The first-order valence-electron chi connectivity index (χ1n) is 4.13. The Kier molecular flexibility index (Phi) is 2.68. The average molecular weight is 155 g/mol. The van der Waals surface area contributed by atoms with Crippen LogP contribution in [0, 0.1) is 5.92 Å². The van der Waals surface area contributed by atoms with E-state index in [0.717, 1.165) is 19.8 Å². The third kappa shape index (κ3) is 2.31. The lowest BCUT2D eigenvalue weighted by molar-refractivity contribution is 0.100. The summed E-state index contributed by atoms with van der Waals surface area (Å²) >= 11 is 0. The molecule has 1 aliphatic heterocycles. The Labute approximate surface area is 68.6 Å². The van der Waals surface area contributed by atoms with Gasteiger partial charge in [0, 0.05) is 6.54 Å². The third-order valence-electron chi connectivity index (χ3n) is 2.11. The highest BCUT2D eigenvalue weighted by Crippen LogP contribution is 2.11. The fourth-order valence-electron chi connectivity index (χ4n) is 1.12. The highest BCUT2D eigenvalue weighted by molar-refractivity contribution is 5.00. The molecule has 1 N–H and O–H groups in total. The summed E-state index contributed by atoms with van der Waals surface area (Å²) in [7, 11) is 0. The molecule has 2 atom stereocenters. The van der Waals surface area contributed by atoms with Crippen molar-refractivity contribution < 1.29 is 4.74 Å². The predicted octanol–water partition coefficient (Wildman–Crippen LogP) is 1.19. The van der Waals surface area contributed by atoms with Crippen LogP contribution in [0.4, 0.5) is 0 Å². The first-order chi connectivity index (χ1) is 5.16. The molecule has 1 heterocycles. The van der Waals surface area contributed by atoms with Gasteiger partial charge in [0.25, 0.3) is 0 Å². The van der Waals surface area contributed by atoms with E-state index in [-0.39, 0.29) is 5.54 Å². The fraction of sp³-hybridized carbons (Fsp3) is 0.778. The van der Waals surface area contributed by atoms with Crippen molar-refractivity contribution in [1.29, 1.82) is 0 Å².